The van der Waals surface area contributed by atoms with Crippen LogP contribution in [0.3, 0.4) is 0 Å². The fourth-order valence-corrected chi connectivity index (χ4v) is 6.82. The number of aliphatic carboxylic acids is 1. The van der Waals surface area contributed by atoms with Gasteiger partial charge in [-0.25, -0.2) is 0 Å². The second-order valence-electron chi connectivity index (χ2n) is 16.6. The molecule has 54 heavy (non-hydrogen) atoms. The topological polar surface area (TPSA) is 102 Å². The molecule has 0 aliphatic rings. The Morgan fingerprint density at radius 2 is 0.944 bits per heavy atom. The summed E-state index contributed by atoms with van der Waals surface area (Å²) in [5.41, 5.74) is 0. The van der Waals surface area contributed by atoms with Crippen molar-refractivity contribution in [3.05, 3.63) is 12.2 Å². The van der Waals surface area contributed by atoms with E-state index >= 15 is 0 Å². The molecular weight excluding hydrogens is 679 g/mol. The second kappa shape index (κ2) is 38.0. The number of unbranched alkanes of at least 4 members (excludes halogenated alkanes) is 25. The van der Waals surface area contributed by atoms with Crippen LogP contribution in [-0.4, -0.2) is 75.5 Å². The predicted molar refractivity (Wildman–Crippen MR) is 222 cm³/mol. The van der Waals surface area contributed by atoms with Gasteiger partial charge in [-0.3, -0.25) is 9.59 Å². The maximum Gasteiger partial charge on any atom is 0.306 e. The lowest BCUT2D eigenvalue weighted by molar-refractivity contribution is -0.889. The number of hydrogen-bond donors (Lipinski definition) is 0. The van der Waals surface area contributed by atoms with E-state index in [2.05, 4.69) is 26.0 Å². The molecule has 0 aromatic carbocycles. The Morgan fingerprint density at radius 3 is 1.39 bits per heavy atom. The molecule has 8 nitrogen and oxygen atoms in total. The molecule has 0 rings (SSSR count). The van der Waals surface area contributed by atoms with Crippen molar-refractivity contribution < 1.29 is 38.2 Å². The maximum absolute atomic E-state index is 12.7. The zero-order valence-electron chi connectivity index (χ0n) is 36.2. The average molecular weight is 766 g/mol. The van der Waals surface area contributed by atoms with Crippen LogP contribution in [0.5, 0.6) is 0 Å². The highest BCUT2D eigenvalue weighted by Gasteiger charge is 2.25. The Balaban J connectivity index is 4.25. The fraction of sp³-hybridized carbons (Fsp3) is 0.891. The summed E-state index contributed by atoms with van der Waals surface area (Å²) in [7, 11) is 5.41. The molecule has 0 heterocycles. The molecular formula is C46H87NO7. The number of carbonyl (C=O) groups excluding carboxylic acids is 3. The number of esters is 2. The number of likely N-dealkylation sites (N-methyl/N-ethyl adjacent to an activating group) is 1. The molecule has 0 aromatic heterocycles. The number of quaternary nitrogens is 1. The van der Waals surface area contributed by atoms with E-state index in [1.54, 1.807) is 21.1 Å². The molecule has 0 saturated heterocycles. The van der Waals surface area contributed by atoms with Crippen LogP contribution in [0.4, 0.5) is 0 Å². The lowest BCUT2D eigenvalue weighted by Crippen LogP contribution is -2.55. The van der Waals surface area contributed by atoms with Crippen LogP contribution in [0.25, 0.3) is 0 Å². The first-order valence-corrected chi connectivity index (χ1v) is 22.7. The van der Waals surface area contributed by atoms with Crippen molar-refractivity contribution in [1.82, 2.24) is 0 Å². The molecule has 0 aliphatic carbocycles. The van der Waals surface area contributed by atoms with Gasteiger partial charge in [-0.2, -0.15) is 0 Å². The number of rotatable bonds is 41. The van der Waals surface area contributed by atoms with Crippen molar-refractivity contribution in [2.75, 3.05) is 41.0 Å². The molecule has 0 amide bonds. The molecule has 0 aromatic rings. The summed E-state index contributed by atoms with van der Waals surface area (Å²) in [4.78, 5) is 36.8. The van der Waals surface area contributed by atoms with Crippen LogP contribution < -0.4 is 5.11 Å². The van der Waals surface area contributed by atoms with E-state index in [9.17, 15) is 19.5 Å². The van der Waals surface area contributed by atoms with Gasteiger partial charge in [0.15, 0.2) is 6.10 Å². The minimum absolute atomic E-state index is 0.0437. The van der Waals surface area contributed by atoms with Gasteiger partial charge in [0.1, 0.15) is 12.6 Å². The van der Waals surface area contributed by atoms with Crippen molar-refractivity contribution in [3.63, 3.8) is 0 Å². The quantitative estimate of drug-likeness (QED) is 0.0264. The third kappa shape index (κ3) is 35.8. The van der Waals surface area contributed by atoms with Gasteiger partial charge in [0.2, 0.25) is 0 Å². The number of allylic oxidation sites excluding steroid dienone is 2. The van der Waals surface area contributed by atoms with Gasteiger partial charge in [0.25, 0.3) is 0 Å². The van der Waals surface area contributed by atoms with Crippen LogP contribution in [0, 0.1) is 0 Å². The van der Waals surface area contributed by atoms with Gasteiger partial charge in [-0.1, -0.05) is 174 Å². The summed E-state index contributed by atoms with van der Waals surface area (Å²) in [6.07, 6.45) is 39.5. The van der Waals surface area contributed by atoms with Crippen molar-refractivity contribution in [1.29, 1.82) is 0 Å². The van der Waals surface area contributed by atoms with Crippen LogP contribution >= 0.6 is 0 Å². The first-order valence-electron chi connectivity index (χ1n) is 22.7. The summed E-state index contributed by atoms with van der Waals surface area (Å²) in [6.45, 7) is 4.64. The zero-order valence-corrected chi connectivity index (χ0v) is 36.2. The molecule has 0 spiro atoms. The first-order chi connectivity index (χ1) is 26.1. The van der Waals surface area contributed by atoms with E-state index in [1.807, 2.05) is 0 Å². The Morgan fingerprint density at radius 1 is 0.537 bits per heavy atom. The molecule has 0 aliphatic heterocycles. The third-order valence-electron chi connectivity index (χ3n) is 10.4. The normalized spacial score (nSPS) is 13.0. The van der Waals surface area contributed by atoms with E-state index in [0.717, 1.165) is 51.4 Å². The molecule has 318 valence electrons. The summed E-state index contributed by atoms with van der Waals surface area (Å²) >= 11 is 0. The SMILES string of the molecule is CCCC/C=C/CCCCCCCC(=O)OCC(COCCC(C(=O)[O-])[N+](C)(C)C)OC(=O)CCCCCCCCCCCCCCCCCCCCC. The maximum atomic E-state index is 12.7. The van der Waals surface area contributed by atoms with Crippen LogP contribution in [0.2, 0.25) is 0 Å². The fourth-order valence-electron chi connectivity index (χ4n) is 6.82. The highest BCUT2D eigenvalue weighted by Crippen LogP contribution is 2.16. The summed E-state index contributed by atoms with van der Waals surface area (Å²) in [5.74, 6) is -1.73. The first kappa shape index (κ1) is 52.1. The van der Waals surface area contributed by atoms with Gasteiger partial charge < -0.3 is 28.6 Å². The monoisotopic (exact) mass is 766 g/mol. The molecule has 0 bridgehead atoms. The van der Waals surface area contributed by atoms with Gasteiger partial charge in [0, 0.05) is 19.3 Å². The van der Waals surface area contributed by atoms with Crippen molar-refractivity contribution in [2.24, 2.45) is 0 Å². The Bertz CT molecular complexity index is 900. The van der Waals surface area contributed by atoms with Crippen molar-refractivity contribution in [3.8, 4) is 0 Å². The van der Waals surface area contributed by atoms with E-state index in [4.69, 9.17) is 14.2 Å². The molecule has 0 fully saturated rings. The Hall–Kier alpha value is -1.93. The number of carboxylic acids is 1. The standard InChI is InChI=1S/C46H87NO7/c1-6-8-10-12-14-16-18-19-20-21-22-23-24-25-27-29-31-33-35-37-45(49)54-42(40-52-39-38-43(46(50)51)47(3,4)5)41-53-44(48)36-34-32-30-28-26-17-15-13-11-9-7-2/h13,15,42-43H,6-12,14,16-41H2,1-5H3/b15-13+. The van der Waals surface area contributed by atoms with E-state index in [-0.39, 0.29) is 42.7 Å². The number of ether oxygens (including phenoxy) is 3. The number of carboxylic acid groups (broad SMARTS) is 1. The minimum atomic E-state index is -1.12. The highest BCUT2D eigenvalue weighted by molar-refractivity contribution is 5.70. The minimum Gasteiger partial charge on any atom is -0.544 e. The van der Waals surface area contributed by atoms with Crippen molar-refractivity contribution in [2.45, 2.75) is 225 Å². The van der Waals surface area contributed by atoms with Gasteiger partial charge in [0.05, 0.1) is 40.3 Å². The van der Waals surface area contributed by atoms with Crippen molar-refractivity contribution >= 4 is 17.9 Å². The van der Waals surface area contributed by atoms with Gasteiger partial charge >= 0.3 is 11.9 Å². The summed E-state index contributed by atoms with van der Waals surface area (Å²) in [6, 6.07) is -0.722. The van der Waals surface area contributed by atoms with Gasteiger partial charge in [-0.15, -0.1) is 0 Å². The average Bonchev–Trinajstić information content (AvgIpc) is 3.12. The van der Waals surface area contributed by atoms with E-state index < -0.39 is 18.1 Å². The van der Waals surface area contributed by atoms with Crippen LogP contribution in [-0.2, 0) is 28.6 Å². The molecule has 0 saturated carbocycles. The summed E-state index contributed by atoms with van der Waals surface area (Å²) in [5, 5.41) is 11.6. The van der Waals surface area contributed by atoms with Gasteiger partial charge in [-0.05, 0) is 32.1 Å². The smallest absolute Gasteiger partial charge is 0.306 e. The molecule has 0 radical (unpaired) electrons. The second-order valence-corrected chi connectivity index (χ2v) is 16.6. The highest BCUT2D eigenvalue weighted by atomic mass is 16.6. The molecule has 2 atom stereocenters. The Kier molecular flexibility index (Phi) is 36.6. The number of nitrogens with zero attached hydrogens (tertiary/aromatic N) is 1. The van der Waals surface area contributed by atoms with Crippen LogP contribution in [0.1, 0.15) is 213 Å². The molecule has 0 N–H and O–H groups in total. The number of carbonyl (C=O) groups is 3. The number of hydrogen-bond acceptors (Lipinski definition) is 7. The zero-order chi connectivity index (χ0) is 40.0. The lowest BCUT2D eigenvalue weighted by Gasteiger charge is -2.34. The Labute approximate surface area is 333 Å². The lowest BCUT2D eigenvalue weighted by atomic mass is 10.0. The molecule has 8 heteroatoms. The third-order valence-corrected chi connectivity index (χ3v) is 10.4. The van der Waals surface area contributed by atoms with E-state index in [1.165, 1.54) is 128 Å². The molecule has 2 unspecified atom stereocenters. The van der Waals surface area contributed by atoms with E-state index in [0.29, 0.717) is 12.8 Å². The predicted octanol–water partition coefficient (Wildman–Crippen LogP) is 11.0. The van der Waals surface area contributed by atoms with Crippen LogP contribution in [0.15, 0.2) is 12.2 Å². The summed E-state index contributed by atoms with van der Waals surface area (Å²) < 4.78 is 17.2. The largest absolute Gasteiger partial charge is 0.544 e.